The van der Waals surface area contributed by atoms with E-state index < -0.39 is 18.0 Å². The molecule has 6 nitrogen and oxygen atoms in total. The van der Waals surface area contributed by atoms with Crippen LogP contribution < -0.4 is 16.0 Å². The van der Waals surface area contributed by atoms with Crippen molar-refractivity contribution in [1.29, 1.82) is 0 Å². The largest absolute Gasteiger partial charge is 0.369 e. The monoisotopic (exact) mass is 386 g/mol. The molecule has 3 amide bonds. The van der Waals surface area contributed by atoms with E-state index in [2.05, 4.69) is 22.0 Å². The number of urea groups is 1. The number of imide groups is 1. The number of carbonyl (C=O) groups is 2. The van der Waals surface area contributed by atoms with E-state index in [0.29, 0.717) is 18.1 Å². The predicted octanol–water partition coefficient (Wildman–Crippen LogP) is 2.71. The summed E-state index contributed by atoms with van der Waals surface area (Å²) in [5, 5.41) is 2.93. The van der Waals surface area contributed by atoms with Crippen LogP contribution in [-0.2, 0) is 4.79 Å². The number of primary amides is 1. The summed E-state index contributed by atoms with van der Waals surface area (Å²) in [7, 11) is 0. The molecule has 0 spiro atoms. The van der Waals surface area contributed by atoms with Gasteiger partial charge < -0.3 is 10.6 Å². The molecule has 1 aliphatic rings. The molecule has 1 atom stereocenters. The van der Waals surface area contributed by atoms with Gasteiger partial charge in [0.1, 0.15) is 6.04 Å². The molecule has 3 N–H and O–H groups in total. The summed E-state index contributed by atoms with van der Waals surface area (Å²) in [6.45, 7) is 4.93. The highest BCUT2D eigenvalue weighted by molar-refractivity contribution is 6.30. The lowest BCUT2D eigenvalue weighted by Gasteiger charge is -2.40. The molecule has 142 valence electrons. The van der Waals surface area contributed by atoms with Crippen molar-refractivity contribution in [2.75, 3.05) is 31.1 Å². The number of anilines is 1. The lowest BCUT2D eigenvalue weighted by Crippen LogP contribution is -2.52. The van der Waals surface area contributed by atoms with E-state index in [1.54, 1.807) is 0 Å². The number of piperazine rings is 1. The van der Waals surface area contributed by atoms with Gasteiger partial charge in [0.25, 0.3) is 0 Å². The average molecular weight is 387 g/mol. The van der Waals surface area contributed by atoms with E-state index in [1.807, 2.05) is 48.5 Å². The first kappa shape index (κ1) is 19.2. The van der Waals surface area contributed by atoms with Crippen molar-refractivity contribution < 1.29 is 9.59 Å². The number of nitrogens with zero attached hydrogens (tertiary/aromatic N) is 2. The van der Waals surface area contributed by atoms with Crippen molar-refractivity contribution in [1.82, 2.24) is 10.2 Å². The van der Waals surface area contributed by atoms with Crippen LogP contribution in [0.15, 0.2) is 48.5 Å². The third kappa shape index (κ3) is 4.59. The summed E-state index contributed by atoms with van der Waals surface area (Å²) < 4.78 is 0. The molecule has 1 heterocycles. The Morgan fingerprint density at radius 2 is 1.74 bits per heavy atom. The Balaban J connectivity index is 1.77. The van der Waals surface area contributed by atoms with E-state index in [1.165, 1.54) is 5.56 Å². The zero-order valence-electron chi connectivity index (χ0n) is 15.2. The van der Waals surface area contributed by atoms with Crippen LogP contribution in [0.4, 0.5) is 10.5 Å². The van der Waals surface area contributed by atoms with Gasteiger partial charge in [-0.05, 0) is 30.2 Å². The summed E-state index contributed by atoms with van der Waals surface area (Å²) >= 11 is 6.15. The van der Waals surface area contributed by atoms with Gasteiger partial charge in [0, 0.05) is 36.9 Å². The minimum atomic E-state index is -0.839. The van der Waals surface area contributed by atoms with Crippen LogP contribution in [0.2, 0.25) is 5.02 Å². The molecule has 3 rings (SSSR count). The minimum absolute atomic E-state index is 0.402. The fourth-order valence-electron chi connectivity index (χ4n) is 3.50. The van der Waals surface area contributed by atoms with Gasteiger partial charge in [-0.25, -0.2) is 4.79 Å². The highest BCUT2D eigenvalue weighted by atomic mass is 35.5. The van der Waals surface area contributed by atoms with Crippen LogP contribution in [0.25, 0.3) is 0 Å². The highest BCUT2D eigenvalue weighted by Gasteiger charge is 2.31. The van der Waals surface area contributed by atoms with Crippen molar-refractivity contribution in [3.8, 4) is 0 Å². The van der Waals surface area contributed by atoms with Crippen LogP contribution >= 0.6 is 11.6 Å². The van der Waals surface area contributed by atoms with Crippen LogP contribution in [0.3, 0.4) is 0 Å². The topological polar surface area (TPSA) is 78.7 Å². The first-order chi connectivity index (χ1) is 13.0. The lowest BCUT2D eigenvalue weighted by atomic mass is 10.0. The Bertz CT molecular complexity index is 820. The summed E-state index contributed by atoms with van der Waals surface area (Å²) in [5.74, 6) is -0.402. The SMILES string of the molecule is Cc1ccc(Cl)cc1N1CCN([C@H](C(=O)NC(N)=O)c2ccccc2)CC1. The van der Waals surface area contributed by atoms with E-state index in [-0.39, 0.29) is 0 Å². The number of hydrogen-bond acceptors (Lipinski definition) is 4. The zero-order valence-corrected chi connectivity index (χ0v) is 15.9. The van der Waals surface area contributed by atoms with Gasteiger partial charge in [0.2, 0.25) is 5.91 Å². The number of amides is 3. The first-order valence-electron chi connectivity index (χ1n) is 8.86. The second-order valence-corrected chi connectivity index (χ2v) is 7.06. The van der Waals surface area contributed by atoms with Crippen molar-refractivity contribution in [2.24, 2.45) is 5.73 Å². The minimum Gasteiger partial charge on any atom is -0.369 e. The molecule has 27 heavy (non-hydrogen) atoms. The van der Waals surface area contributed by atoms with Gasteiger partial charge in [0.15, 0.2) is 0 Å². The van der Waals surface area contributed by atoms with E-state index >= 15 is 0 Å². The molecule has 1 fully saturated rings. The quantitative estimate of drug-likeness (QED) is 0.846. The van der Waals surface area contributed by atoms with Gasteiger partial charge in [0.05, 0.1) is 0 Å². The van der Waals surface area contributed by atoms with Crippen molar-refractivity contribution in [3.05, 3.63) is 64.7 Å². The maximum Gasteiger partial charge on any atom is 0.318 e. The molecule has 0 bridgehead atoms. The maximum absolute atomic E-state index is 12.6. The number of aryl methyl sites for hydroxylation is 1. The van der Waals surface area contributed by atoms with Gasteiger partial charge in [-0.3, -0.25) is 15.0 Å². The summed E-state index contributed by atoms with van der Waals surface area (Å²) in [4.78, 5) is 28.1. The molecular weight excluding hydrogens is 364 g/mol. The standard InChI is InChI=1S/C20H23ClN4O2/c1-14-7-8-16(21)13-17(14)24-9-11-25(12-10-24)18(19(26)23-20(22)27)15-5-3-2-4-6-15/h2-8,13,18H,9-12H2,1H3,(H3,22,23,26,27)/t18-/m0/s1. The van der Waals surface area contributed by atoms with Crippen LogP contribution in [0.5, 0.6) is 0 Å². The zero-order chi connectivity index (χ0) is 19.4. The Hall–Kier alpha value is -2.57. The molecule has 1 aliphatic heterocycles. The fourth-order valence-corrected chi connectivity index (χ4v) is 3.66. The van der Waals surface area contributed by atoms with Crippen molar-refractivity contribution in [2.45, 2.75) is 13.0 Å². The van der Waals surface area contributed by atoms with Gasteiger partial charge in [-0.2, -0.15) is 0 Å². The summed E-state index contributed by atoms with van der Waals surface area (Å²) in [6, 6.07) is 13.9. The molecule has 0 unspecified atom stereocenters. The average Bonchev–Trinajstić information content (AvgIpc) is 2.65. The Labute approximate surface area is 163 Å². The molecule has 7 heteroatoms. The van der Waals surface area contributed by atoms with Gasteiger partial charge >= 0.3 is 6.03 Å². The molecule has 0 radical (unpaired) electrons. The molecule has 0 aromatic heterocycles. The second kappa shape index (κ2) is 8.41. The predicted molar refractivity (Wildman–Crippen MR) is 107 cm³/mol. The van der Waals surface area contributed by atoms with E-state index in [4.69, 9.17) is 17.3 Å². The summed E-state index contributed by atoms with van der Waals surface area (Å²) in [5.41, 5.74) is 8.27. The number of halogens is 1. The summed E-state index contributed by atoms with van der Waals surface area (Å²) in [6.07, 6.45) is 0. The molecule has 2 aromatic rings. The smallest absolute Gasteiger partial charge is 0.318 e. The normalized spacial score (nSPS) is 16.0. The molecule has 2 aromatic carbocycles. The number of hydrogen-bond donors (Lipinski definition) is 2. The third-order valence-electron chi connectivity index (χ3n) is 4.80. The van der Waals surface area contributed by atoms with E-state index in [0.717, 1.165) is 24.3 Å². The number of nitrogens with one attached hydrogen (secondary N) is 1. The van der Waals surface area contributed by atoms with Crippen LogP contribution in [-0.4, -0.2) is 43.0 Å². The van der Waals surface area contributed by atoms with Crippen LogP contribution in [0, 0.1) is 6.92 Å². The first-order valence-corrected chi connectivity index (χ1v) is 9.24. The molecule has 0 aliphatic carbocycles. The van der Waals surface area contributed by atoms with Gasteiger partial charge in [-0.1, -0.05) is 48.0 Å². The van der Waals surface area contributed by atoms with Crippen molar-refractivity contribution in [3.63, 3.8) is 0 Å². The maximum atomic E-state index is 12.6. The molecule has 0 saturated carbocycles. The Morgan fingerprint density at radius 1 is 1.07 bits per heavy atom. The highest BCUT2D eigenvalue weighted by Crippen LogP contribution is 2.28. The third-order valence-corrected chi connectivity index (χ3v) is 5.04. The fraction of sp³-hybridized carbons (Fsp3) is 0.300. The Morgan fingerprint density at radius 3 is 2.37 bits per heavy atom. The number of benzene rings is 2. The van der Waals surface area contributed by atoms with Crippen molar-refractivity contribution >= 4 is 29.2 Å². The Kier molecular flexibility index (Phi) is 5.98. The van der Waals surface area contributed by atoms with Gasteiger partial charge in [-0.15, -0.1) is 0 Å². The molecule has 1 saturated heterocycles. The lowest BCUT2D eigenvalue weighted by molar-refractivity contribution is -0.125. The molecular formula is C20H23ClN4O2. The van der Waals surface area contributed by atoms with E-state index in [9.17, 15) is 9.59 Å². The van der Waals surface area contributed by atoms with Crippen LogP contribution in [0.1, 0.15) is 17.2 Å². The number of rotatable bonds is 4. The second-order valence-electron chi connectivity index (χ2n) is 6.62. The number of carbonyl (C=O) groups excluding carboxylic acids is 2. The number of nitrogens with two attached hydrogens (primary N) is 1.